The predicted molar refractivity (Wildman–Crippen MR) is 75.9 cm³/mol. The Hall–Kier alpha value is -1.02. The number of hydrogen-bond donors (Lipinski definition) is 1. The smallest absolute Gasteiger partial charge is 0.121 e. The SMILES string of the molecule is Cc1cc(CN2CCCCCCC2)cc(C)c1O. The summed E-state index contributed by atoms with van der Waals surface area (Å²) in [5.41, 5.74) is 3.33. The van der Waals surface area contributed by atoms with Crippen LogP contribution in [0.3, 0.4) is 0 Å². The molecule has 1 aromatic rings. The normalized spacial score (nSPS) is 18.3. The molecule has 0 bridgehead atoms. The van der Waals surface area contributed by atoms with Crippen molar-refractivity contribution in [2.45, 2.75) is 52.5 Å². The van der Waals surface area contributed by atoms with Gasteiger partial charge in [-0.25, -0.2) is 0 Å². The number of aryl methyl sites for hydroxylation is 2. The average molecular weight is 247 g/mol. The number of phenols is 1. The van der Waals surface area contributed by atoms with Crippen LogP contribution >= 0.6 is 0 Å². The monoisotopic (exact) mass is 247 g/mol. The molecule has 0 amide bonds. The molecule has 1 fully saturated rings. The molecule has 0 spiro atoms. The highest BCUT2D eigenvalue weighted by molar-refractivity contribution is 5.42. The van der Waals surface area contributed by atoms with E-state index in [0.717, 1.165) is 17.7 Å². The maximum atomic E-state index is 9.81. The predicted octanol–water partition coefficient (Wildman–Crippen LogP) is 3.78. The van der Waals surface area contributed by atoms with E-state index in [1.54, 1.807) is 0 Å². The minimum atomic E-state index is 0.450. The molecule has 1 aliphatic rings. The van der Waals surface area contributed by atoms with E-state index in [1.807, 2.05) is 13.8 Å². The molecule has 1 saturated heterocycles. The summed E-state index contributed by atoms with van der Waals surface area (Å²) in [6.45, 7) is 7.44. The van der Waals surface area contributed by atoms with Crippen LogP contribution in [0.15, 0.2) is 12.1 Å². The second-order valence-electron chi connectivity index (χ2n) is 5.62. The maximum absolute atomic E-state index is 9.81. The van der Waals surface area contributed by atoms with Crippen molar-refractivity contribution in [3.63, 3.8) is 0 Å². The van der Waals surface area contributed by atoms with Gasteiger partial charge in [-0.05, 0) is 56.5 Å². The topological polar surface area (TPSA) is 23.5 Å². The van der Waals surface area contributed by atoms with Crippen molar-refractivity contribution in [1.82, 2.24) is 4.90 Å². The molecule has 0 unspecified atom stereocenters. The number of rotatable bonds is 2. The van der Waals surface area contributed by atoms with E-state index in [-0.39, 0.29) is 0 Å². The lowest BCUT2D eigenvalue weighted by atomic mass is 10.0. The Morgan fingerprint density at radius 3 is 2.00 bits per heavy atom. The van der Waals surface area contributed by atoms with E-state index in [4.69, 9.17) is 0 Å². The molecule has 1 aliphatic heterocycles. The van der Waals surface area contributed by atoms with Gasteiger partial charge >= 0.3 is 0 Å². The Morgan fingerprint density at radius 2 is 1.44 bits per heavy atom. The van der Waals surface area contributed by atoms with Crippen LogP contribution in [-0.2, 0) is 6.54 Å². The highest BCUT2D eigenvalue weighted by atomic mass is 16.3. The quantitative estimate of drug-likeness (QED) is 0.860. The van der Waals surface area contributed by atoms with Crippen molar-refractivity contribution in [3.05, 3.63) is 28.8 Å². The summed E-state index contributed by atoms with van der Waals surface area (Å²) in [5.74, 6) is 0.450. The van der Waals surface area contributed by atoms with Crippen molar-refractivity contribution in [1.29, 1.82) is 0 Å². The zero-order valence-corrected chi connectivity index (χ0v) is 11.7. The number of aromatic hydroxyl groups is 1. The first-order valence-corrected chi connectivity index (χ1v) is 7.18. The van der Waals surface area contributed by atoms with Gasteiger partial charge in [0.05, 0.1) is 0 Å². The summed E-state index contributed by atoms with van der Waals surface area (Å²) in [5, 5.41) is 9.81. The summed E-state index contributed by atoms with van der Waals surface area (Å²) in [7, 11) is 0. The van der Waals surface area contributed by atoms with Crippen LogP contribution in [-0.4, -0.2) is 23.1 Å². The van der Waals surface area contributed by atoms with Gasteiger partial charge in [0, 0.05) is 6.54 Å². The molecule has 0 radical (unpaired) electrons. The summed E-state index contributed by atoms with van der Waals surface area (Å²) in [6.07, 6.45) is 6.83. The van der Waals surface area contributed by atoms with E-state index in [0.29, 0.717) is 5.75 Å². The number of nitrogens with zero attached hydrogens (tertiary/aromatic N) is 1. The molecule has 1 heterocycles. The Labute approximate surface area is 111 Å². The van der Waals surface area contributed by atoms with Gasteiger partial charge in [-0.15, -0.1) is 0 Å². The molecule has 2 rings (SSSR count). The second-order valence-corrected chi connectivity index (χ2v) is 5.62. The van der Waals surface area contributed by atoms with Crippen LogP contribution in [0.2, 0.25) is 0 Å². The van der Waals surface area contributed by atoms with E-state index in [9.17, 15) is 5.11 Å². The van der Waals surface area contributed by atoms with E-state index in [1.165, 1.54) is 50.8 Å². The molecule has 18 heavy (non-hydrogen) atoms. The Kier molecular flexibility index (Phi) is 4.65. The van der Waals surface area contributed by atoms with Crippen molar-refractivity contribution in [3.8, 4) is 5.75 Å². The van der Waals surface area contributed by atoms with Crippen LogP contribution < -0.4 is 0 Å². The molecule has 0 aromatic heterocycles. The van der Waals surface area contributed by atoms with Gasteiger partial charge in [-0.1, -0.05) is 31.4 Å². The molecular weight excluding hydrogens is 222 g/mol. The van der Waals surface area contributed by atoms with E-state index < -0.39 is 0 Å². The van der Waals surface area contributed by atoms with E-state index in [2.05, 4.69) is 17.0 Å². The molecule has 0 saturated carbocycles. The standard InChI is InChI=1S/C16H25NO/c1-13-10-15(11-14(2)16(13)18)12-17-8-6-4-3-5-7-9-17/h10-11,18H,3-9,12H2,1-2H3. The minimum absolute atomic E-state index is 0.450. The molecule has 0 aliphatic carbocycles. The fourth-order valence-corrected chi connectivity index (χ4v) is 2.87. The van der Waals surface area contributed by atoms with Crippen molar-refractivity contribution in [2.75, 3.05) is 13.1 Å². The summed E-state index contributed by atoms with van der Waals surface area (Å²) < 4.78 is 0. The molecular formula is C16H25NO. The van der Waals surface area contributed by atoms with Gasteiger partial charge in [0.2, 0.25) is 0 Å². The molecule has 1 aromatic carbocycles. The summed E-state index contributed by atoms with van der Waals surface area (Å²) in [4.78, 5) is 2.56. The Morgan fingerprint density at radius 1 is 0.944 bits per heavy atom. The van der Waals surface area contributed by atoms with Crippen LogP contribution in [0.25, 0.3) is 0 Å². The number of benzene rings is 1. The molecule has 0 atom stereocenters. The van der Waals surface area contributed by atoms with Crippen molar-refractivity contribution in [2.24, 2.45) is 0 Å². The Balaban J connectivity index is 2.03. The maximum Gasteiger partial charge on any atom is 0.121 e. The van der Waals surface area contributed by atoms with Crippen LogP contribution in [0.4, 0.5) is 0 Å². The van der Waals surface area contributed by atoms with Gasteiger partial charge < -0.3 is 5.11 Å². The fourth-order valence-electron chi connectivity index (χ4n) is 2.87. The van der Waals surface area contributed by atoms with Gasteiger partial charge in [0.1, 0.15) is 5.75 Å². The number of likely N-dealkylation sites (tertiary alicyclic amines) is 1. The second kappa shape index (κ2) is 6.24. The largest absolute Gasteiger partial charge is 0.507 e. The zero-order valence-electron chi connectivity index (χ0n) is 11.7. The lowest BCUT2D eigenvalue weighted by Crippen LogP contribution is -2.26. The first-order valence-electron chi connectivity index (χ1n) is 7.18. The van der Waals surface area contributed by atoms with Gasteiger partial charge in [0.15, 0.2) is 0 Å². The lowest BCUT2D eigenvalue weighted by Gasteiger charge is -2.25. The molecule has 2 heteroatoms. The zero-order chi connectivity index (χ0) is 13.0. The van der Waals surface area contributed by atoms with Crippen LogP contribution in [0, 0.1) is 13.8 Å². The van der Waals surface area contributed by atoms with Crippen LogP contribution in [0.5, 0.6) is 5.75 Å². The summed E-state index contributed by atoms with van der Waals surface area (Å²) in [6, 6.07) is 4.25. The van der Waals surface area contributed by atoms with E-state index >= 15 is 0 Å². The fraction of sp³-hybridized carbons (Fsp3) is 0.625. The van der Waals surface area contributed by atoms with Crippen molar-refractivity contribution >= 4 is 0 Å². The highest BCUT2D eigenvalue weighted by Crippen LogP contribution is 2.24. The molecule has 100 valence electrons. The van der Waals surface area contributed by atoms with Gasteiger partial charge in [-0.2, -0.15) is 0 Å². The van der Waals surface area contributed by atoms with Crippen LogP contribution in [0.1, 0.15) is 48.8 Å². The van der Waals surface area contributed by atoms with Gasteiger partial charge in [0.25, 0.3) is 0 Å². The third-order valence-electron chi connectivity index (χ3n) is 3.91. The van der Waals surface area contributed by atoms with Gasteiger partial charge in [-0.3, -0.25) is 4.90 Å². The third kappa shape index (κ3) is 3.49. The number of phenolic OH excluding ortho intramolecular Hbond substituents is 1. The third-order valence-corrected chi connectivity index (χ3v) is 3.91. The summed E-state index contributed by atoms with van der Waals surface area (Å²) >= 11 is 0. The minimum Gasteiger partial charge on any atom is -0.507 e. The average Bonchev–Trinajstić information content (AvgIpc) is 2.29. The first-order chi connectivity index (χ1) is 8.66. The number of hydrogen-bond acceptors (Lipinski definition) is 2. The Bertz CT molecular complexity index is 369. The molecule has 2 nitrogen and oxygen atoms in total. The van der Waals surface area contributed by atoms with Crippen molar-refractivity contribution < 1.29 is 5.11 Å². The molecule has 1 N–H and O–H groups in total. The lowest BCUT2D eigenvalue weighted by molar-refractivity contribution is 0.239. The highest BCUT2D eigenvalue weighted by Gasteiger charge is 2.10. The first kappa shape index (κ1) is 13.4.